The molecule has 0 aliphatic heterocycles. The van der Waals surface area contributed by atoms with Gasteiger partial charge in [0.05, 0.1) is 19.9 Å². The van der Waals surface area contributed by atoms with Crippen LogP contribution in [0, 0.1) is 5.82 Å². The molecule has 0 radical (unpaired) electrons. The Morgan fingerprint density at radius 1 is 1.00 bits per heavy atom. The minimum atomic E-state index is -0.298. The van der Waals surface area contributed by atoms with E-state index in [4.69, 9.17) is 9.47 Å². The van der Waals surface area contributed by atoms with Crippen molar-refractivity contribution in [1.82, 2.24) is 0 Å². The Labute approximate surface area is 182 Å². The van der Waals surface area contributed by atoms with Gasteiger partial charge in [-0.1, -0.05) is 43.3 Å². The van der Waals surface area contributed by atoms with E-state index in [0.29, 0.717) is 17.2 Å². The minimum Gasteiger partial charge on any atom is -0.497 e. The van der Waals surface area contributed by atoms with Crippen molar-refractivity contribution < 1.29 is 24.0 Å². The third-order valence-corrected chi connectivity index (χ3v) is 5.18. The number of ether oxygens (including phenoxy) is 2. The van der Waals surface area contributed by atoms with Gasteiger partial charge in [-0.05, 0) is 36.2 Å². The van der Waals surface area contributed by atoms with E-state index in [1.54, 1.807) is 31.4 Å². The van der Waals surface area contributed by atoms with Crippen LogP contribution in [0.4, 0.5) is 10.1 Å². The number of hydrogen-bond donors (Lipinski definition) is 2. The molecule has 31 heavy (non-hydrogen) atoms. The van der Waals surface area contributed by atoms with Crippen LogP contribution in [0.25, 0.3) is 0 Å². The van der Waals surface area contributed by atoms with Gasteiger partial charge in [0.2, 0.25) is 0 Å². The summed E-state index contributed by atoms with van der Waals surface area (Å²) in [6, 6.07) is 19.7. The highest BCUT2D eigenvalue weighted by molar-refractivity contribution is 5.93. The Bertz CT molecular complexity index is 1020. The number of benzene rings is 3. The number of anilines is 1. The molecule has 5 nitrogen and oxygen atoms in total. The molecular formula is C25H28FN2O3+. The van der Waals surface area contributed by atoms with Gasteiger partial charge in [-0.2, -0.15) is 0 Å². The van der Waals surface area contributed by atoms with Crippen LogP contribution in [0.15, 0.2) is 66.7 Å². The molecule has 0 aromatic heterocycles. The summed E-state index contributed by atoms with van der Waals surface area (Å²) < 4.78 is 24.4. The van der Waals surface area contributed by atoms with E-state index >= 15 is 0 Å². The molecule has 0 aliphatic carbocycles. The summed E-state index contributed by atoms with van der Waals surface area (Å²) in [6.07, 6.45) is 0.945. The molecule has 1 atom stereocenters. The lowest BCUT2D eigenvalue weighted by Gasteiger charge is -2.17. The largest absolute Gasteiger partial charge is 0.497 e. The van der Waals surface area contributed by atoms with E-state index in [1.165, 1.54) is 24.8 Å². The SMILES string of the molecule is CCc1ccc([C@H]([NH2+]CC(=O)Nc2ccc(OC)cc2OC)c2cccc(F)c2)cc1. The van der Waals surface area contributed by atoms with Crippen LogP contribution < -0.4 is 20.1 Å². The van der Waals surface area contributed by atoms with E-state index in [-0.39, 0.29) is 24.3 Å². The van der Waals surface area contributed by atoms with Gasteiger partial charge in [0.1, 0.15) is 23.4 Å². The maximum absolute atomic E-state index is 13.9. The number of carbonyl (C=O) groups is 1. The van der Waals surface area contributed by atoms with Crippen molar-refractivity contribution in [3.8, 4) is 11.5 Å². The monoisotopic (exact) mass is 423 g/mol. The summed E-state index contributed by atoms with van der Waals surface area (Å²) in [7, 11) is 3.11. The lowest BCUT2D eigenvalue weighted by Crippen LogP contribution is -2.87. The Hall–Kier alpha value is -3.38. The van der Waals surface area contributed by atoms with Gasteiger partial charge in [0, 0.05) is 17.2 Å². The maximum Gasteiger partial charge on any atom is 0.279 e. The van der Waals surface area contributed by atoms with E-state index in [9.17, 15) is 9.18 Å². The van der Waals surface area contributed by atoms with Crippen molar-refractivity contribution in [3.63, 3.8) is 0 Å². The molecule has 3 N–H and O–H groups in total. The van der Waals surface area contributed by atoms with Gasteiger partial charge in [0.25, 0.3) is 5.91 Å². The molecule has 3 aromatic carbocycles. The molecule has 0 aliphatic rings. The molecule has 3 aromatic rings. The zero-order valence-electron chi connectivity index (χ0n) is 18.0. The second-order valence-electron chi connectivity index (χ2n) is 7.18. The summed E-state index contributed by atoms with van der Waals surface area (Å²) >= 11 is 0. The third-order valence-electron chi connectivity index (χ3n) is 5.18. The fraction of sp³-hybridized carbons (Fsp3) is 0.240. The average Bonchev–Trinajstić information content (AvgIpc) is 2.80. The molecule has 0 spiro atoms. The van der Waals surface area contributed by atoms with Gasteiger partial charge in [-0.3, -0.25) is 4.79 Å². The standard InChI is InChI=1S/C25H27FN2O3/c1-4-17-8-10-18(11-9-17)25(19-6-5-7-20(26)14-19)27-16-24(29)28-22-13-12-21(30-2)15-23(22)31-3/h5-15,25,27H,4,16H2,1-3H3,(H,28,29)/p+1/t25-/m0/s1. The van der Waals surface area contributed by atoms with Crippen LogP contribution in [0.2, 0.25) is 0 Å². The molecule has 6 heteroatoms. The first kappa shape index (κ1) is 22.3. The Balaban J connectivity index is 1.76. The topological polar surface area (TPSA) is 64.2 Å². The number of nitrogens with one attached hydrogen (secondary N) is 1. The summed E-state index contributed by atoms with van der Waals surface area (Å²) in [5, 5.41) is 4.78. The molecule has 1 amide bonds. The first-order valence-electron chi connectivity index (χ1n) is 10.2. The van der Waals surface area contributed by atoms with Crippen molar-refractivity contribution >= 4 is 11.6 Å². The zero-order chi connectivity index (χ0) is 22.2. The van der Waals surface area contributed by atoms with Crippen LogP contribution >= 0.6 is 0 Å². The number of halogens is 1. The lowest BCUT2D eigenvalue weighted by molar-refractivity contribution is -0.676. The normalized spacial score (nSPS) is 11.6. The maximum atomic E-state index is 13.9. The number of quaternary nitrogens is 1. The highest BCUT2D eigenvalue weighted by Gasteiger charge is 2.20. The molecular weight excluding hydrogens is 395 g/mol. The molecule has 0 unspecified atom stereocenters. The van der Waals surface area contributed by atoms with Crippen molar-refractivity contribution in [1.29, 1.82) is 0 Å². The second-order valence-corrected chi connectivity index (χ2v) is 7.18. The molecule has 0 heterocycles. The first-order chi connectivity index (χ1) is 15.0. The van der Waals surface area contributed by atoms with E-state index in [1.807, 2.05) is 23.5 Å². The predicted molar refractivity (Wildman–Crippen MR) is 119 cm³/mol. The number of amides is 1. The highest BCUT2D eigenvalue weighted by Crippen LogP contribution is 2.28. The summed E-state index contributed by atoms with van der Waals surface area (Å²) in [6.45, 7) is 2.26. The van der Waals surface area contributed by atoms with Gasteiger partial charge in [-0.25, -0.2) is 4.39 Å². The number of carbonyl (C=O) groups excluding carboxylic acids is 1. The van der Waals surface area contributed by atoms with Crippen LogP contribution in [-0.4, -0.2) is 26.7 Å². The Kier molecular flexibility index (Phi) is 7.62. The minimum absolute atomic E-state index is 0.159. The number of rotatable bonds is 9. The number of hydrogen-bond acceptors (Lipinski definition) is 3. The smallest absolute Gasteiger partial charge is 0.279 e. The van der Waals surface area contributed by atoms with Crippen molar-refractivity contribution in [2.24, 2.45) is 0 Å². The van der Waals surface area contributed by atoms with Gasteiger partial charge in [0.15, 0.2) is 6.54 Å². The second kappa shape index (κ2) is 10.6. The van der Waals surface area contributed by atoms with Crippen LogP contribution in [0.3, 0.4) is 0 Å². The molecule has 0 fully saturated rings. The van der Waals surface area contributed by atoms with Crippen molar-refractivity contribution in [2.45, 2.75) is 19.4 Å². The zero-order valence-corrected chi connectivity index (χ0v) is 18.0. The summed E-state index contributed by atoms with van der Waals surface area (Å²) in [4.78, 5) is 12.7. The van der Waals surface area contributed by atoms with Crippen LogP contribution in [0.5, 0.6) is 11.5 Å². The Morgan fingerprint density at radius 3 is 2.42 bits per heavy atom. The fourth-order valence-corrected chi connectivity index (χ4v) is 3.45. The Morgan fingerprint density at radius 2 is 1.77 bits per heavy atom. The molecule has 0 saturated carbocycles. The fourth-order valence-electron chi connectivity index (χ4n) is 3.45. The predicted octanol–water partition coefficient (Wildman–Crippen LogP) is 3.70. The van der Waals surface area contributed by atoms with Gasteiger partial charge >= 0.3 is 0 Å². The molecule has 0 saturated heterocycles. The number of methoxy groups -OCH3 is 2. The molecule has 3 rings (SSSR count). The highest BCUT2D eigenvalue weighted by atomic mass is 19.1. The quantitative estimate of drug-likeness (QED) is 0.552. The van der Waals surface area contributed by atoms with E-state index in [2.05, 4.69) is 24.4 Å². The summed E-state index contributed by atoms with van der Waals surface area (Å²) in [5.74, 6) is 0.677. The molecule has 162 valence electrons. The summed E-state index contributed by atoms with van der Waals surface area (Å²) in [5.41, 5.74) is 3.61. The number of aryl methyl sites for hydroxylation is 1. The van der Waals surface area contributed by atoms with Crippen LogP contribution in [0.1, 0.15) is 29.7 Å². The van der Waals surface area contributed by atoms with Gasteiger partial charge in [-0.15, -0.1) is 0 Å². The van der Waals surface area contributed by atoms with Crippen molar-refractivity contribution in [2.75, 3.05) is 26.1 Å². The average molecular weight is 424 g/mol. The molecule has 0 bridgehead atoms. The first-order valence-corrected chi connectivity index (χ1v) is 10.2. The van der Waals surface area contributed by atoms with Crippen molar-refractivity contribution in [3.05, 3.63) is 89.2 Å². The lowest BCUT2D eigenvalue weighted by atomic mass is 9.97. The van der Waals surface area contributed by atoms with E-state index in [0.717, 1.165) is 17.5 Å². The van der Waals surface area contributed by atoms with Crippen LogP contribution in [-0.2, 0) is 11.2 Å². The number of nitrogens with two attached hydrogens (primary N) is 1. The third kappa shape index (κ3) is 5.83. The van der Waals surface area contributed by atoms with E-state index < -0.39 is 0 Å². The van der Waals surface area contributed by atoms with Gasteiger partial charge < -0.3 is 20.1 Å².